The molecule has 5 nitrogen and oxygen atoms in total. The van der Waals surface area contributed by atoms with Gasteiger partial charge >= 0.3 is 0 Å². The van der Waals surface area contributed by atoms with Crippen molar-refractivity contribution in [1.29, 1.82) is 0 Å². The summed E-state index contributed by atoms with van der Waals surface area (Å²) in [4.78, 5) is 19.8. The first-order chi connectivity index (χ1) is 9.72. The molecule has 20 heavy (non-hydrogen) atoms. The molecule has 2 rings (SSSR count). The second-order valence-corrected chi connectivity index (χ2v) is 6.23. The number of carbonyl (C=O) groups is 1. The SMILES string of the molecule is CCCN(CCO)CC(=O)Nc1nc2c(s1)CCCC2. The van der Waals surface area contributed by atoms with Crippen LogP contribution in [0.1, 0.15) is 36.8 Å². The van der Waals surface area contributed by atoms with Crippen molar-refractivity contribution in [3.05, 3.63) is 10.6 Å². The molecule has 1 heterocycles. The lowest BCUT2D eigenvalue weighted by Crippen LogP contribution is -2.35. The zero-order valence-corrected chi connectivity index (χ0v) is 12.8. The normalized spacial score (nSPS) is 14.3. The van der Waals surface area contributed by atoms with Crippen LogP contribution in [0.25, 0.3) is 0 Å². The van der Waals surface area contributed by atoms with Crippen molar-refractivity contribution in [1.82, 2.24) is 9.88 Å². The van der Waals surface area contributed by atoms with Crippen LogP contribution < -0.4 is 5.32 Å². The first kappa shape index (κ1) is 15.4. The van der Waals surface area contributed by atoms with Crippen molar-refractivity contribution in [3.8, 4) is 0 Å². The van der Waals surface area contributed by atoms with Crippen molar-refractivity contribution in [2.75, 3.05) is 31.6 Å². The van der Waals surface area contributed by atoms with Crippen LogP contribution in [0, 0.1) is 0 Å². The van der Waals surface area contributed by atoms with E-state index in [9.17, 15) is 4.79 Å². The van der Waals surface area contributed by atoms with Gasteiger partial charge in [-0.05, 0) is 38.6 Å². The lowest BCUT2D eigenvalue weighted by atomic mass is 10.0. The van der Waals surface area contributed by atoms with Gasteiger partial charge in [0, 0.05) is 11.4 Å². The number of rotatable bonds is 7. The van der Waals surface area contributed by atoms with E-state index in [0.717, 1.165) is 36.6 Å². The molecule has 6 heteroatoms. The summed E-state index contributed by atoms with van der Waals surface area (Å²) in [5.74, 6) is -0.0435. The Morgan fingerprint density at radius 2 is 2.20 bits per heavy atom. The van der Waals surface area contributed by atoms with Crippen LogP contribution in [0.15, 0.2) is 0 Å². The Hall–Kier alpha value is -0.980. The van der Waals surface area contributed by atoms with Gasteiger partial charge in [-0.1, -0.05) is 6.92 Å². The number of fused-ring (bicyclic) bond motifs is 1. The van der Waals surface area contributed by atoms with Gasteiger partial charge in [-0.15, -0.1) is 11.3 Å². The molecule has 0 aliphatic heterocycles. The third-order valence-electron chi connectivity index (χ3n) is 3.42. The average Bonchev–Trinajstić information content (AvgIpc) is 2.81. The van der Waals surface area contributed by atoms with Crippen LogP contribution in [0.4, 0.5) is 5.13 Å². The van der Waals surface area contributed by atoms with Crippen LogP contribution in [-0.2, 0) is 17.6 Å². The summed E-state index contributed by atoms with van der Waals surface area (Å²) in [6, 6.07) is 0. The number of anilines is 1. The topological polar surface area (TPSA) is 65.5 Å². The number of aliphatic hydroxyl groups is 1. The molecule has 1 amide bonds. The number of nitrogens with one attached hydrogen (secondary N) is 1. The summed E-state index contributed by atoms with van der Waals surface area (Å²) < 4.78 is 0. The maximum absolute atomic E-state index is 12.0. The Kier molecular flexibility index (Phi) is 5.94. The van der Waals surface area contributed by atoms with Gasteiger partial charge < -0.3 is 10.4 Å². The Bertz CT molecular complexity index is 418. The van der Waals surface area contributed by atoms with Gasteiger partial charge in [-0.2, -0.15) is 0 Å². The molecule has 0 spiro atoms. The van der Waals surface area contributed by atoms with Crippen LogP contribution >= 0.6 is 11.3 Å². The third-order valence-corrected chi connectivity index (χ3v) is 4.49. The van der Waals surface area contributed by atoms with Gasteiger partial charge in [0.25, 0.3) is 0 Å². The summed E-state index contributed by atoms with van der Waals surface area (Å²) in [6.45, 7) is 3.83. The van der Waals surface area contributed by atoms with Gasteiger partial charge in [0.15, 0.2) is 5.13 Å². The Balaban J connectivity index is 1.88. The monoisotopic (exact) mass is 297 g/mol. The van der Waals surface area contributed by atoms with E-state index in [1.54, 1.807) is 11.3 Å². The van der Waals surface area contributed by atoms with Gasteiger partial charge in [-0.25, -0.2) is 4.98 Å². The molecule has 1 aliphatic rings. The standard InChI is InChI=1S/C14H23N3O2S/c1-2-7-17(8-9-18)10-13(19)16-14-15-11-5-3-4-6-12(11)20-14/h18H,2-10H2,1H3,(H,15,16,19). The molecule has 1 aromatic rings. The van der Waals surface area contributed by atoms with Gasteiger partial charge in [0.2, 0.25) is 5.91 Å². The largest absolute Gasteiger partial charge is 0.395 e. The quantitative estimate of drug-likeness (QED) is 0.803. The number of aromatic nitrogens is 1. The first-order valence-corrected chi connectivity index (χ1v) is 8.16. The van der Waals surface area contributed by atoms with Crippen molar-refractivity contribution in [3.63, 3.8) is 0 Å². The molecule has 0 saturated carbocycles. The minimum atomic E-state index is -0.0435. The smallest absolute Gasteiger partial charge is 0.240 e. The highest BCUT2D eigenvalue weighted by Crippen LogP contribution is 2.29. The molecule has 0 atom stereocenters. The second-order valence-electron chi connectivity index (χ2n) is 5.14. The van der Waals surface area contributed by atoms with Crippen LogP contribution in [-0.4, -0.2) is 47.1 Å². The fourth-order valence-corrected chi connectivity index (χ4v) is 3.56. The van der Waals surface area contributed by atoms with Crippen molar-refractivity contribution in [2.24, 2.45) is 0 Å². The van der Waals surface area contributed by atoms with E-state index < -0.39 is 0 Å². The van der Waals surface area contributed by atoms with E-state index in [1.165, 1.54) is 17.7 Å². The summed E-state index contributed by atoms with van der Waals surface area (Å²) in [5, 5.41) is 12.6. The van der Waals surface area contributed by atoms with E-state index >= 15 is 0 Å². The highest BCUT2D eigenvalue weighted by Gasteiger charge is 2.17. The number of aliphatic hydroxyl groups excluding tert-OH is 1. The summed E-state index contributed by atoms with van der Waals surface area (Å²) in [6.07, 6.45) is 5.52. The summed E-state index contributed by atoms with van der Waals surface area (Å²) >= 11 is 1.61. The molecule has 0 unspecified atom stereocenters. The van der Waals surface area contributed by atoms with E-state index in [2.05, 4.69) is 17.2 Å². The van der Waals surface area contributed by atoms with Crippen LogP contribution in [0.2, 0.25) is 0 Å². The van der Waals surface area contributed by atoms with Crippen LogP contribution in [0.3, 0.4) is 0 Å². The Morgan fingerprint density at radius 3 is 2.90 bits per heavy atom. The van der Waals surface area contributed by atoms with Gasteiger partial charge in [-0.3, -0.25) is 9.69 Å². The van der Waals surface area contributed by atoms with E-state index in [4.69, 9.17) is 5.11 Å². The fourth-order valence-electron chi connectivity index (χ4n) is 2.49. The minimum Gasteiger partial charge on any atom is -0.395 e. The molecule has 0 fully saturated rings. The van der Waals surface area contributed by atoms with Gasteiger partial charge in [0.05, 0.1) is 18.8 Å². The Labute approximate surface area is 124 Å². The molecule has 0 radical (unpaired) electrons. The predicted molar refractivity (Wildman–Crippen MR) is 81.2 cm³/mol. The van der Waals surface area contributed by atoms with E-state index in [1.807, 2.05) is 4.90 Å². The maximum Gasteiger partial charge on any atom is 0.240 e. The summed E-state index contributed by atoms with van der Waals surface area (Å²) in [5.41, 5.74) is 1.16. The zero-order chi connectivity index (χ0) is 14.4. The van der Waals surface area contributed by atoms with Crippen molar-refractivity contribution in [2.45, 2.75) is 39.0 Å². The number of aryl methyl sites for hydroxylation is 2. The molecule has 112 valence electrons. The zero-order valence-electron chi connectivity index (χ0n) is 12.0. The molecule has 0 aromatic carbocycles. The lowest BCUT2D eigenvalue weighted by Gasteiger charge is -2.19. The van der Waals surface area contributed by atoms with Gasteiger partial charge in [0.1, 0.15) is 0 Å². The highest BCUT2D eigenvalue weighted by molar-refractivity contribution is 7.15. The fraction of sp³-hybridized carbons (Fsp3) is 0.714. The Morgan fingerprint density at radius 1 is 1.40 bits per heavy atom. The highest BCUT2D eigenvalue weighted by atomic mass is 32.1. The molecule has 2 N–H and O–H groups in total. The third kappa shape index (κ3) is 4.26. The first-order valence-electron chi connectivity index (χ1n) is 7.34. The number of nitrogens with zero attached hydrogens (tertiary/aromatic N) is 2. The average molecular weight is 297 g/mol. The predicted octanol–water partition coefficient (Wildman–Crippen LogP) is 1.66. The molecule has 0 bridgehead atoms. The molecule has 1 aliphatic carbocycles. The van der Waals surface area contributed by atoms with Crippen molar-refractivity contribution < 1.29 is 9.90 Å². The summed E-state index contributed by atoms with van der Waals surface area (Å²) in [7, 11) is 0. The maximum atomic E-state index is 12.0. The van der Waals surface area contributed by atoms with E-state index in [-0.39, 0.29) is 12.5 Å². The molecular weight excluding hydrogens is 274 g/mol. The second kappa shape index (κ2) is 7.71. The molecule has 1 aromatic heterocycles. The van der Waals surface area contributed by atoms with Crippen molar-refractivity contribution >= 4 is 22.4 Å². The minimum absolute atomic E-state index is 0.0435. The lowest BCUT2D eigenvalue weighted by molar-refractivity contribution is -0.117. The number of hydrogen-bond donors (Lipinski definition) is 2. The van der Waals surface area contributed by atoms with Crippen LogP contribution in [0.5, 0.6) is 0 Å². The number of carbonyl (C=O) groups excluding carboxylic acids is 1. The van der Waals surface area contributed by atoms with E-state index in [0.29, 0.717) is 13.1 Å². The number of hydrogen-bond acceptors (Lipinski definition) is 5. The number of thiazole rings is 1. The molecule has 0 saturated heterocycles. The molecular formula is C14H23N3O2S. The number of amides is 1.